The number of nitrogens with zero attached hydrogens (tertiary/aromatic N) is 1. The van der Waals surface area contributed by atoms with Crippen LogP contribution in [0.3, 0.4) is 0 Å². The van der Waals surface area contributed by atoms with E-state index in [2.05, 4.69) is 0 Å². The SMILES string of the molecule is Cc1ccc(S(=O)(=O)N2CCCC2)cc1N. The molecule has 1 heterocycles. The summed E-state index contributed by atoms with van der Waals surface area (Å²) in [7, 11) is -3.32. The van der Waals surface area contributed by atoms with E-state index in [0.29, 0.717) is 23.7 Å². The van der Waals surface area contributed by atoms with Crippen LogP contribution in [0.1, 0.15) is 18.4 Å². The van der Waals surface area contributed by atoms with Crippen LogP contribution in [0, 0.1) is 6.92 Å². The summed E-state index contributed by atoms with van der Waals surface area (Å²) < 4.78 is 25.9. The number of anilines is 1. The van der Waals surface area contributed by atoms with Crippen molar-refractivity contribution in [3.8, 4) is 0 Å². The Morgan fingerprint density at radius 3 is 2.44 bits per heavy atom. The fraction of sp³-hybridized carbons (Fsp3) is 0.455. The standard InChI is InChI=1S/C11H16N2O2S/c1-9-4-5-10(8-11(9)12)16(14,15)13-6-2-3-7-13/h4-5,8H,2-3,6-7,12H2,1H3. The molecule has 0 unspecified atom stereocenters. The minimum absolute atomic E-state index is 0.303. The van der Waals surface area contributed by atoms with Crippen LogP contribution in [0.2, 0.25) is 0 Å². The summed E-state index contributed by atoms with van der Waals surface area (Å²) in [6.45, 7) is 3.10. The summed E-state index contributed by atoms with van der Waals surface area (Å²) >= 11 is 0. The van der Waals surface area contributed by atoms with E-state index in [1.165, 1.54) is 4.31 Å². The first-order chi connectivity index (χ1) is 7.51. The normalized spacial score (nSPS) is 17.8. The second-order valence-corrected chi connectivity index (χ2v) is 6.07. The van der Waals surface area contributed by atoms with Gasteiger partial charge in [-0.3, -0.25) is 0 Å². The molecule has 0 radical (unpaired) electrons. The predicted octanol–water partition coefficient (Wildman–Crippen LogP) is 1.36. The van der Waals surface area contributed by atoms with Gasteiger partial charge < -0.3 is 5.73 Å². The maximum absolute atomic E-state index is 12.2. The summed E-state index contributed by atoms with van der Waals surface area (Å²) in [5, 5.41) is 0. The van der Waals surface area contributed by atoms with Gasteiger partial charge in [0.2, 0.25) is 10.0 Å². The number of nitrogens with two attached hydrogens (primary N) is 1. The first kappa shape index (κ1) is 11.4. The summed E-state index contributed by atoms with van der Waals surface area (Å²) in [6, 6.07) is 4.92. The molecule has 2 rings (SSSR count). The average molecular weight is 240 g/mol. The zero-order chi connectivity index (χ0) is 11.8. The van der Waals surface area contributed by atoms with Crippen LogP contribution in [0.4, 0.5) is 5.69 Å². The minimum Gasteiger partial charge on any atom is -0.398 e. The van der Waals surface area contributed by atoms with Gasteiger partial charge in [-0.15, -0.1) is 0 Å². The van der Waals surface area contributed by atoms with Crippen LogP contribution < -0.4 is 5.73 Å². The van der Waals surface area contributed by atoms with E-state index in [1.807, 2.05) is 6.92 Å². The van der Waals surface area contributed by atoms with Crippen LogP contribution in [0.25, 0.3) is 0 Å². The molecule has 1 aromatic rings. The Morgan fingerprint density at radius 1 is 1.25 bits per heavy atom. The second kappa shape index (κ2) is 4.07. The van der Waals surface area contributed by atoms with Crippen molar-refractivity contribution in [1.82, 2.24) is 4.31 Å². The number of rotatable bonds is 2. The van der Waals surface area contributed by atoms with Crippen LogP contribution in [0.15, 0.2) is 23.1 Å². The highest BCUT2D eigenvalue weighted by Crippen LogP contribution is 2.23. The lowest BCUT2D eigenvalue weighted by Gasteiger charge is -2.16. The van der Waals surface area contributed by atoms with Crippen molar-refractivity contribution < 1.29 is 8.42 Å². The molecule has 0 aromatic heterocycles. The highest BCUT2D eigenvalue weighted by atomic mass is 32.2. The molecular formula is C11H16N2O2S. The molecule has 0 bridgehead atoms. The fourth-order valence-corrected chi connectivity index (χ4v) is 3.41. The van der Waals surface area contributed by atoms with Crippen molar-refractivity contribution in [2.24, 2.45) is 0 Å². The first-order valence-corrected chi connectivity index (χ1v) is 6.82. The van der Waals surface area contributed by atoms with E-state index >= 15 is 0 Å². The molecule has 16 heavy (non-hydrogen) atoms. The van der Waals surface area contributed by atoms with Gasteiger partial charge in [-0.05, 0) is 37.5 Å². The number of sulfonamides is 1. The van der Waals surface area contributed by atoms with Gasteiger partial charge >= 0.3 is 0 Å². The number of hydrogen-bond donors (Lipinski definition) is 1. The Labute approximate surface area is 96.1 Å². The monoisotopic (exact) mass is 240 g/mol. The van der Waals surface area contributed by atoms with Crippen molar-refractivity contribution in [1.29, 1.82) is 0 Å². The van der Waals surface area contributed by atoms with Crippen LogP contribution in [-0.2, 0) is 10.0 Å². The van der Waals surface area contributed by atoms with Gasteiger partial charge in [0.25, 0.3) is 0 Å². The maximum Gasteiger partial charge on any atom is 0.243 e. The quantitative estimate of drug-likeness (QED) is 0.794. The predicted molar refractivity (Wildman–Crippen MR) is 63.6 cm³/mol. The van der Waals surface area contributed by atoms with Gasteiger partial charge in [0.15, 0.2) is 0 Å². The second-order valence-electron chi connectivity index (χ2n) is 4.13. The van der Waals surface area contributed by atoms with Gasteiger partial charge in [0.1, 0.15) is 0 Å². The molecule has 1 aromatic carbocycles. The Balaban J connectivity index is 2.39. The van der Waals surface area contributed by atoms with Crippen LogP contribution >= 0.6 is 0 Å². The van der Waals surface area contributed by atoms with Crippen LogP contribution in [0.5, 0.6) is 0 Å². The molecule has 0 spiro atoms. The summed E-state index contributed by atoms with van der Waals surface area (Å²) in [5.41, 5.74) is 7.16. The van der Waals surface area contributed by atoms with Gasteiger partial charge in [0.05, 0.1) is 4.90 Å². The molecular weight excluding hydrogens is 224 g/mol. The Morgan fingerprint density at radius 2 is 1.88 bits per heavy atom. The molecule has 2 N–H and O–H groups in total. The highest BCUT2D eigenvalue weighted by Gasteiger charge is 2.27. The lowest BCUT2D eigenvalue weighted by Crippen LogP contribution is -2.27. The smallest absolute Gasteiger partial charge is 0.243 e. The summed E-state index contributed by atoms with van der Waals surface area (Å²) in [4.78, 5) is 0.303. The van der Waals surface area contributed by atoms with Crippen molar-refractivity contribution in [3.63, 3.8) is 0 Å². The molecule has 88 valence electrons. The largest absolute Gasteiger partial charge is 0.398 e. The molecule has 0 atom stereocenters. The van der Waals surface area contributed by atoms with Crippen molar-refractivity contribution in [2.45, 2.75) is 24.7 Å². The Bertz CT molecular complexity index is 491. The van der Waals surface area contributed by atoms with E-state index in [0.717, 1.165) is 18.4 Å². The summed E-state index contributed by atoms with van der Waals surface area (Å²) in [5.74, 6) is 0. The molecule has 1 saturated heterocycles. The third-order valence-electron chi connectivity index (χ3n) is 2.95. The zero-order valence-electron chi connectivity index (χ0n) is 9.31. The third-order valence-corrected chi connectivity index (χ3v) is 4.85. The van der Waals surface area contributed by atoms with E-state index in [1.54, 1.807) is 18.2 Å². The van der Waals surface area contributed by atoms with Crippen molar-refractivity contribution in [3.05, 3.63) is 23.8 Å². The number of hydrogen-bond acceptors (Lipinski definition) is 3. The van der Waals surface area contributed by atoms with Crippen molar-refractivity contribution >= 4 is 15.7 Å². The Hall–Kier alpha value is -1.07. The topological polar surface area (TPSA) is 63.4 Å². The minimum atomic E-state index is -3.32. The van der Waals surface area contributed by atoms with Crippen molar-refractivity contribution in [2.75, 3.05) is 18.8 Å². The molecule has 5 heteroatoms. The molecule has 0 amide bonds. The van der Waals surface area contributed by atoms with E-state index in [9.17, 15) is 8.42 Å². The number of aryl methyl sites for hydroxylation is 1. The number of benzene rings is 1. The molecule has 0 saturated carbocycles. The summed E-state index contributed by atoms with van der Waals surface area (Å²) in [6.07, 6.45) is 1.89. The van der Waals surface area contributed by atoms with E-state index in [-0.39, 0.29) is 0 Å². The average Bonchev–Trinajstić information content (AvgIpc) is 2.75. The van der Waals surface area contributed by atoms with Gasteiger partial charge in [-0.1, -0.05) is 6.07 Å². The van der Waals surface area contributed by atoms with E-state index < -0.39 is 10.0 Å². The fourth-order valence-electron chi connectivity index (χ4n) is 1.86. The molecule has 1 aliphatic rings. The Kier molecular flexibility index (Phi) is 2.90. The maximum atomic E-state index is 12.2. The lowest BCUT2D eigenvalue weighted by molar-refractivity contribution is 0.477. The zero-order valence-corrected chi connectivity index (χ0v) is 10.1. The molecule has 1 aliphatic heterocycles. The van der Waals surface area contributed by atoms with Crippen LogP contribution in [-0.4, -0.2) is 25.8 Å². The van der Waals surface area contributed by atoms with E-state index in [4.69, 9.17) is 5.73 Å². The van der Waals surface area contributed by atoms with Gasteiger partial charge in [-0.25, -0.2) is 8.42 Å². The molecule has 0 aliphatic carbocycles. The highest BCUT2D eigenvalue weighted by molar-refractivity contribution is 7.89. The molecule has 4 nitrogen and oxygen atoms in total. The van der Waals surface area contributed by atoms with Gasteiger partial charge in [0, 0.05) is 18.8 Å². The third kappa shape index (κ3) is 1.92. The first-order valence-electron chi connectivity index (χ1n) is 5.38. The molecule has 1 fully saturated rings. The lowest BCUT2D eigenvalue weighted by atomic mass is 10.2. The van der Waals surface area contributed by atoms with Gasteiger partial charge in [-0.2, -0.15) is 4.31 Å². The number of nitrogen functional groups attached to an aromatic ring is 1.